The lowest BCUT2D eigenvalue weighted by Gasteiger charge is -2.26. The van der Waals surface area contributed by atoms with Crippen LogP contribution in [0.5, 0.6) is 0 Å². The first-order valence-electron chi connectivity index (χ1n) is 7.63. The zero-order valence-corrected chi connectivity index (χ0v) is 13.4. The molecule has 2 aliphatic rings. The minimum atomic E-state index is 0.200. The molecule has 0 spiro atoms. The molecule has 1 N–H and O–H groups in total. The van der Waals surface area contributed by atoms with Crippen LogP contribution in [0.1, 0.15) is 43.6 Å². The molecule has 0 bridgehead atoms. The van der Waals surface area contributed by atoms with E-state index in [0.29, 0.717) is 11.3 Å². The highest BCUT2D eigenvalue weighted by Crippen LogP contribution is 2.47. The summed E-state index contributed by atoms with van der Waals surface area (Å²) in [5.74, 6) is 0.900. The maximum atomic E-state index is 12.3. The Bertz CT molecular complexity index is 467. The maximum Gasteiger partial charge on any atom is 0.223 e. The van der Waals surface area contributed by atoms with E-state index >= 15 is 0 Å². The van der Waals surface area contributed by atoms with Gasteiger partial charge in [0.25, 0.3) is 0 Å². The van der Waals surface area contributed by atoms with Crippen LogP contribution in [0.15, 0.2) is 30.3 Å². The van der Waals surface area contributed by atoms with Crippen molar-refractivity contribution in [3.63, 3.8) is 0 Å². The second-order valence-electron chi connectivity index (χ2n) is 6.42. The molecule has 2 atom stereocenters. The molecular weight excluding hydrogens is 314 g/mol. The molecule has 1 aromatic carbocycles. The maximum absolute atomic E-state index is 12.3. The summed E-state index contributed by atoms with van der Waals surface area (Å²) in [6, 6.07) is 10.4. The summed E-state index contributed by atoms with van der Waals surface area (Å²) in [6.07, 6.45) is 6.10. The molecule has 0 saturated heterocycles. The van der Waals surface area contributed by atoms with Gasteiger partial charge in [0.1, 0.15) is 0 Å². The highest BCUT2D eigenvalue weighted by molar-refractivity contribution is 9.09. The average molecular weight is 336 g/mol. The molecule has 2 aliphatic carbocycles. The van der Waals surface area contributed by atoms with Gasteiger partial charge in [-0.2, -0.15) is 0 Å². The van der Waals surface area contributed by atoms with Gasteiger partial charge in [0.15, 0.2) is 0 Å². The molecule has 1 amide bonds. The second kappa shape index (κ2) is 5.88. The van der Waals surface area contributed by atoms with E-state index in [-0.39, 0.29) is 11.8 Å². The van der Waals surface area contributed by atoms with Gasteiger partial charge in [-0.3, -0.25) is 4.79 Å². The van der Waals surface area contributed by atoms with Crippen molar-refractivity contribution >= 4 is 21.8 Å². The van der Waals surface area contributed by atoms with Gasteiger partial charge in [-0.15, -0.1) is 0 Å². The molecule has 3 rings (SSSR count). The van der Waals surface area contributed by atoms with Gasteiger partial charge in [-0.05, 0) is 36.2 Å². The van der Waals surface area contributed by atoms with E-state index in [1.165, 1.54) is 31.2 Å². The molecule has 108 valence electrons. The van der Waals surface area contributed by atoms with Gasteiger partial charge in [0.05, 0.1) is 0 Å². The fraction of sp³-hybridized carbons (Fsp3) is 0.588. The van der Waals surface area contributed by atoms with Crippen molar-refractivity contribution < 1.29 is 4.79 Å². The lowest BCUT2D eigenvalue weighted by atomic mass is 9.89. The molecule has 20 heavy (non-hydrogen) atoms. The molecule has 2 unspecified atom stereocenters. The monoisotopic (exact) mass is 335 g/mol. The summed E-state index contributed by atoms with van der Waals surface area (Å²) in [6.45, 7) is 0.842. The molecule has 2 fully saturated rings. The summed E-state index contributed by atoms with van der Waals surface area (Å²) in [5, 5.41) is 4.22. The van der Waals surface area contributed by atoms with E-state index in [1.54, 1.807) is 0 Å². The Morgan fingerprint density at radius 3 is 2.60 bits per heavy atom. The van der Waals surface area contributed by atoms with Crippen LogP contribution < -0.4 is 5.32 Å². The second-order valence-corrected chi connectivity index (χ2v) is 6.98. The van der Waals surface area contributed by atoms with Gasteiger partial charge >= 0.3 is 0 Å². The van der Waals surface area contributed by atoms with E-state index in [2.05, 4.69) is 45.5 Å². The third kappa shape index (κ3) is 2.93. The van der Waals surface area contributed by atoms with Crippen molar-refractivity contribution in [3.05, 3.63) is 35.9 Å². The predicted octanol–water partition coefficient (Wildman–Crippen LogP) is 3.86. The first-order chi connectivity index (χ1) is 9.74. The van der Waals surface area contributed by atoms with E-state index in [4.69, 9.17) is 0 Å². The number of amides is 1. The fourth-order valence-corrected chi connectivity index (χ4v) is 4.20. The van der Waals surface area contributed by atoms with Gasteiger partial charge in [-0.1, -0.05) is 59.1 Å². The smallest absolute Gasteiger partial charge is 0.223 e. The van der Waals surface area contributed by atoms with Crippen LogP contribution in [0.2, 0.25) is 0 Å². The molecule has 2 nitrogen and oxygen atoms in total. The molecule has 1 aromatic rings. The molecule has 0 aliphatic heterocycles. The van der Waals surface area contributed by atoms with Crippen molar-refractivity contribution in [2.45, 2.75) is 38.0 Å². The Hall–Kier alpha value is -0.830. The van der Waals surface area contributed by atoms with E-state index in [0.717, 1.165) is 18.3 Å². The standard InChI is InChI=1S/C17H22BrNO/c18-11-17(8-4-5-9-17)12-19-16(20)15-10-14(15)13-6-2-1-3-7-13/h1-3,6-7,14-15H,4-5,8-12H2,(H,19,20). The number of carbonyl (C=O) groups excluding carboxylic acids is 1. The quantitative estimate of drug-likeness (QED) is 0.813. The SMILES string of the molecule is O=C(NCC1(CBr)CCCC1)C1CC1c1ccccc1. The molecule has 0 heterocycles. The van der Waals surface area contributed by atoms with Gasteiger partial charge in [0.2, 0.25) is 5.91 Å². The Morgan fingerprint density at radius 1 is 1.25 bits per heavy atom. The number of carbonyl (C=O) groups is 1. The van der Waals surface area contributed by atoms with Crippen molar-refractivity contribution in [1.29, 1.82) is 0 Å². The number of rotatable bonds is 5. The Labute approximate surface area is 129 Å². The van der Waals surface area contributed by atoms with E-state index < -0.39 is 0 Å². The summed E-state index contributed by atoms with van der Waals surface area (Å²) < 4.78 is 0. The number of hydrogen-bond acceptors (Lipinski definition) is 1. The molecule has 2 saturated carbocycles. The molecular formula is C17H22BrNO. The number of alkyl halides is 1. The van der Waals surface area contributed by atoms with Crippen LogP contribution in [0.4, 0.5) is 0 Å². The highest BCUT2D eigenvalue weighted by atomic mass is 79.9. The van der Waals surface area contributed by atoms with Crippen LogP contribution >= 0.6 is 15.9 Å². The first kappa shape index (κ1) is 14.1. The van der Waals surface area contributed by atoms with Crippen molar-refractivity contribution in [3.8, 4) is 0 Å². The predicted molar refractivity (Wildman–Crippen MR) is 85.0 cm³/mol. The largest absolute Gasteiger partial charge is 0.355 e. The fourth-order valence-electron chi connectivity index (χ4n) is 3.44. The van der Waals surface area contributed by atoms with Crippen LogP contribution in [0, 0.1) is 11.3 Å². The van der Waals surface area contributed by atoms with Crippen LogP contribution in [0.25, 0.3) is 0 Å². The Morgan fingerprint density at radius 2 is 1.95 bits per heavy atom. The summed E-state index contributed by atoms with van der Waals surface area (Å²) in [7, 11) is 0. The van der Waals surface area contributed by atoms with Gasteiger partial charge < -0.3 is 5.32 Å². The zero-order valence-electron chi connectivity index (χ0n) is 11.8. The molecule has 0 radical (unpaired) electrons. The molecule has 3 heteroatoms. The molecule has 0 aromatic heterocycles. The van der Waals surface area contributed by atoms with Crippen LogP contribution in [-0.2, 0) is 4.79 Å². The van der Waals surface area contributed by atoms with Crippen LogP contribution in [-0.4, -0.2) is 17.8 Å². The Balaban J connectivity index is 1.51. The lowest BCUT2D eigenvalue weighted by molar-refractivity contribution is -0.122. The Kier molecular flexibility index (Phi) is 4.16. The van der Waals surface area contributed by atoms with E-state index in [9.17, 15) is 4.79 Å². The number of halogens is 1. The van der Waals surface area contributed by atoms with Crippen molar-refractivity contribution in [2.75, 3.05) is 11.9 Å². The topological polar surface area (TPSA) is 29.1 Å². The van der Waals surface area contributed by atoms with Crippen molar-refractivity contribution in [1.82, 2.24) is 5.32 Å². The lowest BCUT2D eigenvalue weighted by Crippen LogP contribution is -2.37. The highest BCUT2D eigenvalue weighted by Gasteiger charge is 2.44. The number of benzene rings is 1. The van der Waals surface area contributed by atoms with Crippen molar-refractivity contribution in [2.24, 2.45) is 11.3 Å². The first-order valence-corrected chi connectivity index (χ1v) is 8.75. The minimum Gasteiger partial charge on any atom is -0.355 e. The summed E-state index contributed by atoms with van der Waals surface area (Å²) in [5.41, 5.74) is 1.62. The van der Waals surface area contributed by atoms with Gasteiger partial charge in [0, 0.05) is 17.8 Å². The normalized spacial score (nSPS) is 27.2. The van der Waals surface area contributed by atoms with Gasteiger partial charge in [-0.25, -0.2) is 0 Å². The minimum absolute atomic E-state index is 0.200. The number of hydrogen-bond donors (Lipinski definition) is 1. The van der Waals surface area contributed by atoms with Crippen LogP contribution in [0.3, 0.4) is 0 Å². The average Bonchev–Trinajstić information content (AvgIpc) is 3.17. The summed E-state index contributed by atoms with van der Waals surface area (Å²) in [4.78, 5) is 12.3. The number of nitrogens with one attached hydrogen (secondary N) is 1. The zero-order chi connectivity index (χ0) is 14.0. The summed E-state index contributed by atoms with van der Waals surface area (Å²) >= 11 is 3.63. The third-order valence-electron chi connectivity index (χ3n) is 4.94. The third-order valence-corrected chi connectivity index (χ3v) is 6.13. The van der Waals surface area contributed by atoms with E-state index in [1.807, 2.05) is 6.07 Å².